The zero-order valence-electron chi connectivity index (χ0n) is 35.5. The van der Waals surface area contributed by atoms with E-state index >= 15 is 0 Å². The third-order valence-corrected chi connectivity index (χ3v) is 9.82. The van der Waals surface area contributed by atoms with E-state index in [2.05, 4.69) is 37.2 Å². The Hall–Kier alpha value is -6.16. The average Bonchev–Trinajstić information content (AvgIpc) is 3.73. The SMILES string of the molecule is CC(C)C[C@H](NC(=O)CNC(=O)[C@H](Cc1ccccc1)NC(=O)[C@H](CCC(N)=O)NC(=O)CN)C(=O)N[C@@H](C)C(=O)NCC(=O)N1CCC[C@H]1C(=O)N[C@@H](CCCCN)C(=O)O. The van der Waals surface area contributed by atoms with Crippen LogP contribution in [-0.2, 0) is 54.4 Å². The molecule has 344 valence electrons. The zero-order chi connectivity index (χ0) is 46.4. The van der Waals surface area contributed by atoms with Crippen LogP contribution >= 0.6 is 0 Å². The Labute approximate surface area is 360 Å². The maximum atomic E-state index is 13.4. The molecule has 0 unspecified atom stereocenters. The lowest BCUT2D eigenvalue weighted by Gasteiger charge is -2.26. The number of carboxylic acid groups (broad SMARTS) is 1. The molecular weight excluding hydrogens is 811 g/mol. The second-order valence-electron chi connectivity index (χ2n) is 15.4. The molecule has 14 N–H and O–H groups in total. The summed E-state index contributed by atoms with van der Waals surface area (Å²) in [5.74, 6) is -7.70. The van der Waals surface area contributed by atoms with Crippen molar-refractivity contribution in [1.82, 2.24) is 42.1 Å². The number of benzene rings is 1. The smallest absolute Gasteiger partial charge is 0.326 e. The molecular formula is C40H63N11O11. The highest BCUT2D eigenvalue weighted by Gasteiger charge is 2.36. The normalized spacial score (nSPS) is 15.8. The standard InChI is InChI=1S/C40H63N11O11/c1-23(2)18-28(38(59)46-24(3)35(56)45-22-34(55)51-17-9-13-30(51)39(60)49-27(40(61)62)12-7-8-16-41)48-33(54)21-44-36(57)29(19-25-10-5-4-6-11-25)50-37(58)26(14-15-31(43)52)47-32(53)20-42/h4-6,10-11,23-24,26-30H,7-9,12-22,41-42H2,1-3H3,(H2,43,52)(H,44,57)(H,45,56)(H,46,59)(H,47,53)(H,48,54)(H,49,60)(H,50,58)(H,61,62)/t24-,26-,27-,28-,29-,30-/m0/s1. The van der Waals surface area contributed by atoms with Crippen LogP contribution in [0.2, 0.25) is 0 Å². The van der Waals surface area contributed by atoms with Crippen LogP contribution < -0.4 is 54.4 Å². The van der Waals surface area contributed by atoms with Crippen molar-refractivity contribution < 1.29 is 53.1 Å². The van der Waals surface area contributed by atoms with Crippen molar-refractivity contribution in [2.24, 2.45) is 23.1 Å². The number of hydrogen-bond donors (Lipinski definition) is 11. The van der Waals surface area contributed by atoms with Crippen LogP contribution in [0.25, 0.3) is 0 Å². The highest BCUT2D eigenvalue weighted by molar-refractivity contribution is 5.96. The lowest BCUT2D eigenvalue weighted by Crippen LogP contribution is -2.57. The van der Waals surface area contributed by atoms with Gasteiger partial charge in [0, 0.05) is 19.4 Å². The largest absolute Gasteiger partial charge is 0.480 e. The number of amides is 9. The molecule has 1 aliphatic rings. The predicted molar refractivity (Wildman–Crippen MR) is 224 cm³/mol. The number of carbonyl (C=O) groups is 10. The van der Waals surface area contributed by atoms with E-state index in [0.29, 0.717) is 37.8 Å². The molecule has 0 bridgehead atoms. The Bertz CT molecular complexity index is 1730. The van der Waals surface area contributed by atoms with Crippen LogP contribution in [0.15, 0.2) is 30.3 Å². The van der Waals surface area contributed by atoms with Gasteiger partial charge in [0.25, 0.3) is 0 Å². The van der Waals surface area contributed by atoms with Gasteiger partial charge in [0.15, 0.2) is 0 Å². The van der Waals surface area contributed by atoms with Gasteiger partial charge in [-0.25, -0.2) is 4.79 Å². The molecule has 9 amide bonds. The van der Waals surface area contributed by atoms with Crippen LogP contribution in [0.4, 0.5) is 0 Å². The minimum atomic E-state index is -1.25. The lowest BCUT2D eigenvalue weighted by atomic mass is 10.0. The summed E-state index contributed by atoms with van der Waals surface area (Å²) in [5, 5.41) is 27.0. The van der Waals surface area contributed by atoms with E-state index in [1.807, 2.05) is 0 Å². The Morgan fingerprint density at radius 3 is 1.98 bits per heavy atom. The first kappa shape index (κ1) is 52.0. The first-order valence-corrected chi connectivity index (χ1v) is 20.7. The number of carbonyl (C=O) groups excluding carboxylic acids is 9. The molecule has 0 spiro atoms. The maximum absolute atomic E-state index is 13.4. The number of unbranched alkanes of at least 4 members (excludes halogenated alkanes) is 1. The summed E-state index contributed by atoms with van der Waals surface area (Å²) < 4.78 is 0. The summed E-state index contributed by atoms with van der Waals surface area (Å²) in [6.45, 7) is 4.01. The lowest BCUT2D eigenvalue weighted by molar-refractivity contribution is -0.144. The first-order valence-electron chi connectivity index (χ1n) is 20.7. The minimum absolute atomic E-state index is 0.0194. The molecule has 2 rings (SSSR count). The molecule has 0 aromatic heterocycles. The monoisotopic (exact) mass is 873 g/mol. The Kier molecular flexibility index (Phi) is 22.6. The van der Waals surface area contributed by atoms with Gasteiger partial charge in [-0.3, -0.25) is 43.2 Å². The third kappa shape index (κ3) is 18.6. The number of primary amides is 1. The highest BCUT2D eigenvalue weighted by Crippen LogP contribution is 2.18. The third-order valence-electron chi connectivity index (χ3n) is 9.82. The van der Waals surface area contributed by atoms with Gasteiger partial charge in [-0.05, 0) is 69.9 Å². The van der Waals surface area contributed by atoms with Crippen molar-refractivity contribution in [3.8, 4) is 0 Å². The van der Waals surface area contributed by atoms with E-state index in [-0.39, 0.29) is 44.6 Å². The van der Waals surface area contributed by atoms with Gasteiger partial charge in [0.1, 0.15) is 36.3 Å². The summed E-state index contributed by atoms with van der Waals surface area (Å²) >= 11 is 0. The van der Waals surface area contributed by atoms with Crippen molar-refractivity contribution in [3.63, 3.8) is 0 Å². The number of nitrogens with zero attached hydrogens (tertiary/aromatic N) is 1. The van der Waals surface area contributed by atoms with Gasteiger partial charge in [0.2, 0.25) is 53.2 Å². The fourth-order valence-electron chi connectivity index (χ4n) is 6.53. The fraction of sp³-hybridized carbons (Fsp3) is 0.600. The van der Waals surface area contributed by atoms with Gasteiger partial charge >= 0.3 is 5.97 Å². The zero-order valence-corrected chi connectivity index (χ0v) is 35.5. The van der Waals surface area contributed by atoms with E-state index in [4.69, 9.17) is 17.2 Å². The van der Waals surface area contributed by atoms with Crippen molar-refractivity contribution in [2.45, 2.75) is 115 Å². The van der Waals surface area contributed by atoms with E-state index < -0.39 is 115 Å². The number of hydrogen-bond acceptors (Lipinski definition) is 12. The van der Waals surface area contributed by atoms with E-state index in [0.717, 1.165) is 0 Å². The Morgan fingerprint density at radius 2 is 1.37 bits per heavy atom. The summed E-state index contributed by atoms with van der Waals surface area (Å²) in [6, 6.07) is 1.74. The molecule has 1 aromatic carbocycles. The topological polar surface area (TPSA) is 356 Å². The van der Waals surface area contributed by atoms with Crippen molar-refractivity contribution in [2.75, 3.05) is 32.7 Å². The summed E-state index contributed by atoms with van der Waals surface area (Å²) in [6.07, 6.45) is 1.76. The highest BCUT2D eigenvalue weighted by atomic mass is 16.4. The average molecular weight is 874 g/mol. The second-order valence-corrected chi connectivity index (χ2v) is 15.4. The van der Waals surface area contributed by atoms with E-state index in [1.165, 1.54) is 11.8 Å². The predicted octanol–water partition coefficient (Wildman–Crippen LogP) is -3.62. The molecule has 0 aliphatic carbocycles. The van der Waals surface area contributed by atoms with Gasteiger partial charge in [0.05, 0.1) is 19.6 Å². The Balaban J connectivity index is 2.02. The fourth-order valence-corrected chi connectivity index (χ4v) is 6.53. The first-order chi connectivity index (χ1) is 29.4. The molecule has 1 fully saturated rings. The molecule has 1 aliphatic heterocycles. The molecule has 62 heavy (non-hydrogen) atoms. The van der Waals surface area contributed by atoms with Gasteiger partial charge in [-0.1, -0.05) is 44.2 Å². The molecule has 1 aromatic rings. The summed E-state index contributed by atoms with van der Waals surface area (Å²) in [5.41, 5.74) is 16.7. The quantitative estimate of drug-likeness (QED) is 0.0381. The van der Waals surface area contributed by atoms with E-state index in [9.17, 15) is 53.1 Å². The van der Waals surface area contributed by atoms with E-state index in [1.54, 1.807) is 44.2 Å². The van der Waals surface area contributed by atoms with Gasteiger partial charge in [-0.2, -0.15) is 0 Å². The second kappa shape index (κ2) is 26.9. The van der Waals surface area contributed by atoms with Gasteiger partial charge in [-0.15, -0.1) is 0 Å². The van der Waals surface area contributed by atoms with Crippen molar-refractivity contribution in [1.29, 1.82) is 0 Å². The molecule has 0 saturated carbocycles. The van der Waals surface area contributed by atoms with Crippen molar-refractivity contribution in [3.05, 3.63) is 35.9 Å². The summed E-state index contributed by atoms with van der Waals surface area (Å²) in [4.78, 5) is 129. The molecule has 22 nitrogen and oxygen atoms in total. The molecule has 22 heteroatoms. The number of nitrogens with two attached hydrogens (primary N) is 3. The number of rotatable bonds is 27. The Morgan fingerprint density at radius 1 is 0.726 bits per heavy atom. The summed E-state index contributed by atoms with van der Waals surface area (Å²) in [7, 11) is 0. The minimum Gasteiger partial charge on any atom is -0.480 e. The van der Waals surface area contributed by atoms with Crippen LogP contribution in [0.5, 0.6) is 0 Å². The number of aliphatic carboxylic acids is 1. The number of likely N-dealkylation sites (tertiary alicyclic amines) is 1. The molecule has 1 saturated heterocycles. The molecule has 6 atom stereocenters. The van der Waals surface area contributed by atoms with Crippen LogP contribution in [0, 0.1) is 5.92 Å². The van der Waals surface area contributed by atoms with Gasteiger partial charge < -0.3 is 64.4 Å². The van der Waals surface area contributed by atoms with Crippen LogP contribution in [-0.4, -0.2) is 138 Å². The van der Waals surface area contributed by atoms with Crippen LogP contribution in [0.3, 0.4) is 0 Å². The molecule has 0 radical (unpaired) electrons. The maximum Gasteiger partial charge on any atom is 0.326 e. The number of nitrogens with one attached hydrogen (secondary N) is 7. The van der Waals surface area contributed by atoms with Crippen molar-refractivity contribution >= 4 is 59.1 Å². The molecule has 1 heterocycles. The number of carboxylic acids is 1. The van der Waals surface area contributed by atoms with Crippen LogP contribution in [0.1, 0.15) is 77.7 Å².